The van der Waals surface area contributed by atoms with Gasteiger partial charge in [-0.05, 0) is 18.4 Å². The molecule has 0 bridgehead atoms. The van der Waals surface area contributed by atoms with Crippen molar-refractivity contribution in [3.8, 4) is 0 Å². The van der Waals surface area contributed by atoms with E-state index in [4.69, 9.17) is 0 Å². The molecule has 6 nitrogen and oxygen atoms in total. The Bertz CT molecular complexity index is 1070. The van der Waals surface area contributed by atoms with Crippen LogP contribution in [0.25, 0.3) is 17.2 Å². The molecule has 0 saturated heterocycles. The zero-order valence-electron chi connectivity index (χ0n) is 16.2. The van der Waals surface area contributed by atoms with Crippen LogP contribution in [0.4, 0.5) is 0 Å². The molecule has 2 aromatic heterocycles. The molecule has 1 aromatic carbocycles. The van der Waals surface area contributed by atoms with Crippen molar-refractivity contribution >= 4 is 17.2 Å². The van der Waals surface area contributed by atoms with Gasteiger partial charge in [-0.15, -0.1) is 0 Å². The summed E-state index contributed by atoms with van der Waals surface area (Å²) < 4.78 is 4.80. The molecule has 0 aliphatic rings. The summed E-state index contributed by atoms with van der Waals surface area (Å²) in [5.74, 6) is 0.771. The van der Waals surface area contributed by atoms with Gasteiger partial charge in [0, 0.05) is 26.6 Å². The maximum Gasteiger partial charge on any atom is 0.332 e. The lowest BCUT2D eigenvalue weighted by Gasteiger charge is -2.10. The van der Waals surface area contributed by atoms with Crippen LogP contribution in [0.1, 0.15) is 38.1 Å². The highest BCUT2D eigenvalue weighted by atomic mass is 16.2. The van der Waals surface area contributed by atoms with Crippen LogP contribution in [0.3, 0.4) is 0 Å². The molecule has 142 valence electrons. The van der Waals surface area contributed by atoms with Gasteiger partial charge in [-0.25, -0.2) is 9.78 Å². The molecule has 0 fully saturated rings. The Kier molecular flexibility index (Phi) is 5.74. The second-order valence-corrected chi connectivity index (χ2v) is 6.67. The smallest absolute Gasteiger partial charge is 0.325 e. The monoisotopic (exact) mass is 366 g/mol. The average molecular weight is 366 g/mol. The number of aromatic nitrogens is 4. The van der Waals surface area contributed by atoms with E-state index < -0.39 is 0 Å². The van der Waals surface area contributed by atoms with E-state index in [0.29, 0.717) is 30.7 Å². The van der Waals surface area contributed by atoms with Gasteiger partial charge in [0.1, 0.15) is 5.82 Å². The Morgan fingerprint density at radius 3 is 2.33 bits per heavy atom. The fourth-order valence-electron chi connectivity index (χ4n) is 3.30. The number of nitrogens with zero attached hydrogens (tertiary/aromatic N) is 4. The van der Waals surface area contributed by atoms with Crippen LogP contribution in [0.15, 0.2) is 46.0 Å². The van der Waals surface area contributed by atoms with E-state index in [1.807, 2.05) is 67.9 Å². The summed E-state index contributed by atoms with van der Waals surface area (Å²) in [6, 6.07) is 10.0. The highest BCUT2D eigenvalue weighted by Crippen LogP contribution is 2.12. The molecule has 3 aromatic rings. The van der Waals surface area contributed by atoms with Crippen molar-refractivity contribution in [3.05, 3.63) is 68.6 Å². The largest absolute Gasteiger partial charge is 0.332 e. The number of fused-ring (bicyclic) bond motifs is 1. The summed E-state index contributed by atoms with van der Waals surface area (Å²) in [6.07, 6.45) is 6.20. The zero-order chi connectivity index (χ0) is 19.4. The quantitative estimate of drug-likeness (QED) is 0.646. The Hall–Kier alpha value is -2.89. The maximum absolute atomic E-state index is 12.9. The van der Waals surface area contributed by atoms with Crippen LogP contribution in [-0.2, 0) is 26.6 Å². The second-order valence-electron chi connectivity index (χ2n) is 6.67. The third kappa shape index (κ3) is 3.65. The van der Waals surface area contributed by atoms with E-state index in [0.717, 1.165) is 24.2 Å². The summed E-state index contributed by atoms with van der Waals surface area (Å²) in [7, 11) is 1.85. The van der Waals surface area contributed by atoms with E-state index in [1.165, 1.54) is 4.57 Å². The van der Waals surface area contributed by atoms with Gasteiger partial charge in [0.2, 0.25) is 0 Å². The van der Waals surface area contributed by atoms with Crippen molar-refractivity contribution in [2.75, 3.05) is 0 Å². The second kappa shape index (κ2) is 8.20. The molecule has 2 heterocycles. The highest BCUT2D eigenvalue weighted by Gasteiger charge is 2.18. The Labute approximate surface area is 158 Å². The van der Waals surface area contributed by atoms with Crippen molar-refractivity contribution in [3.63, 3.8) is 0 Å². The molecule has 0 aliphatic carbocycles. The molecule has 0 radical (unpaired) electrons. The number of benzene rings is 1. The first-order valence-electron chi connectivity index (χ1n) is 9.49. The Morgan fingerprint density at radius 2 is 1.67 bits per heavy atom. The lowest BCUT2D eigenvalue weighted by atomic mass is 10.2. The van der Waals surface area contributed by atoms with Gasteiger partial charge in [0.25, 0.3) is 5.56 Å². The molecule has 0 atom stereocenters. The Morgan fingerprint density at radius 1 is 1.00 bits per heavy atom. The first kappa shape index (κ1) is 18.9. The number of hydrogen-bond donors (Lipinski definition) is 0. The molecule has 0 saturated carbocycles. The fraction of sp³-hybridized carbons (Fsp3) is 0.381. The molecular weight excluding hydrogens is 340 g/mol. The molecule has 0 spiro atoms. The highest BCUT2D eigenvalue weighted by molar-refractivity contribution is 5.71. The Balaban J connectivity index is 2.08. The van der Waals surface area contributed by atoms with Gasteiger partial charge >= 0.3 is 5.69 Å². The molecule has 6 heteroatoms. The molecule has 0 amide bonds. The fourth-order valence-corrected chi connectivity index (χ4v) is 3.30. The van der Waals surface area contributed by atoms with Crippen LogP contribution in [0.2, 0.25) is 0 Å². The van der Waals surface area contributed by atoms with E-state index >= 15 is 0 Å². The summed E-state index contributed by atoms with van der Waals surface area (Å²) in [5, 5.41) is 0. The van der Waals surface area contributed by atoms with Crippen molar-refractivity contribution in [2.45, 2.75) is 46.2 Å². The minimum atomic E-state index is -0.263. The van der Waals surface area contributed by atoms with Crippen LogP contribution in [0.5, 0.6) is 0 Å². The van der Waals surface area contributed by atoms with Crippen molar-refractivity contribution in [2.24, 2.45) is 7.05 Å². The van der Waals surface area contributed by atoms with Crippen LogP contribution in [0, 0.1) is 0 Å². The molecular formula is C21H26N4O2. The summed E-state index contributed by atoms with van der Waals surface area (Å²) in [5.41, 5.74) is 1.59. The molecule has 3 rings (SSSR count). The number of aryl methyl sites for hydroxylation is 2. The van der Waals surface area contributed by atoms with Crippen molar-refractivity contribution in [1.29, 1.82) is 0 Å². The summed E-state index contributed by atoms with van der Waals surface area (Å²) in [4.78, 5) is 30.3. The first-order chi connectivity index (χ1) is 13.1. The lowest BCUT2D eigenvalue weighted by molar-refractivity contribution is 0.554. The third-order valence-corrected chi connectivity index (χ3v) is 4.64. The van der Waals surface area contributed by atoms with E-state index in [9.17, 15) is 9.59 Å². The minimum Gasteiger partial charge on any atom is -0.325 e. The normalized spacial score (nSPS) is 11.7. The molecule has 0 aliphatic heterocycles. The predicted molar refractivity (Wildman–Crippen MR) is 109 cm³/mol. The predicted octanol–water partition coefficient (Wildman–Crippen LogP) is 2.97. The molecule has 27 heavy (non-hydrogen) atoms. The SMILES string of the molecule is CCCn1c(=O)c2c(nc(C/C=C/c3ccccc3)n2C)n(CCC)c1=O. The van der Waals surface area contributed by atoms with Gasteiger partial charge in [0.15, 0.2) is 11.2 Å². The third-order valence-electron chi connectivity index (χ3n) is 4.64. The zero-order valence-corrected chi connectivity index (χ0v) is 16.2. The molecule has 0 N–H and O–H groups in total. The number of allylic oxidation sites excluding steroid dienone is 1. The topological polar surface area (TPSA) is 61.8 Å². The number of hydrogen-bond acceptors (Lipinski definition) is 3. The van der Waals surface area contributed by atoms with Gasteiger partial charge in [-0.2, -0.15) is 0 Å². The molecule has 0 unspecified atom stereocenters. The average Bonchev–Trinajstić information content (AvgIpc) is 3.00. The standard InChI is InChI=1S/C21H26N4O2/c1-4-14-24-19-18(20(26)25(15-5-2)21(24)27)23(3)17(22-19)13-9-12-16-10-7-6-8-11-16/h6-12H,4-5,13-15H2,1-3H3/b12-9+. The minimum absolute atomic E-state index is 0.252. The van der Waals surface area contributed by atoms with Crippen LogP contribution < -0.4 is 11.2 Å². The van der Waals surface area contributed by atoms with E-state index in [1.54, 1.807) is 4.57 Å². The van der Waals surface area contributed by atoms with Gasteiger partial charge in [0.05, 0.1) is 0 Å². The van der Waals surface area contributed by atoms with E-state index in [2.05, 4.69) is 4.98 Å². The van der Waals surface area contributed by atoms with Gasteiger partial charge in [-0.1, -0.05) is 56.3 Å². The van der Waals surface area contributed by atoms with Gasteiger partial charge in [-0.3, -0.25) is 13.9 Å². The van der Waals surface area contributed by atoms with Gasteiger partial charge < -0.3 is 4.57 Å². The lowest BCUT2D eigenvalue weighted by Crippen LogP contribution is -2.40. The van der Waals surface area contributed by atoms with E-state index in [-0.39, 0.29) is 11.2 Å². The summed E-state index contributed by atoms with van der Waals surface area (Å²) in [6.45, 7) is 4.95. The first-order valence-corrected chi connectivity index (χ1v) is 9.49. The van der Waals surface area contributed by atoms with Crippen LogP contribution in [-0.4, -0.2) is 18.7 Å². The number of rotatable bonds is 7. The number of imidazole rings is 1. The van der Waals surface area contributed by atoms with Crippen molar-refractivity contribution < 1.29 is 0 Å². The van der Waals surface area contributed by atoms with Crippen molar-refractivity contribution in [1.82, 2.24) is 18.7 Å². The summed E-state index contributed by atoms with van der Waals surface area (Å²) >= 11 is 0. The maximum atomic E-state index is 12.9. The van der Waals surface area contributed by atoms with Crippen LogP contribution >= 0.6 is 0 Å².